The molecule has 0 spiro atoms. The van der Waals surface area contributed by atoms with Gasteiger partial charge in [0.05, 0.1) is 6.04 Å². The summed E-state index contributed by atoms with van der Waals surface area (Å²) in [5.74, 6) is -2.81. The largest absolute Gasteiger partial charge is 0.480 e. The summed E-state index contributed by atoms with van der Waals surface area (Å²) in [6, 6.07) is 5.67. The minimum absolute atomic E-state index is 0.154. The fourth-order valence-electron chi connectivity index (χ4n) is 3.90. The van der Waals surface area contributed by atoms with E-state index in [0.29, 0.717) is 32.2 Å². The molecule has 0 radical (unpaired) electrons. The number of nitrogens with two attached hydrogens (primary N) is 2. The average molecular weight is 477 g/mol. The molecule has 1 aliphatic rings. The number of aliphatic imine (C=N–C) groups is 1. The number of carbonyl (C=O) groups is 4. The molecule has 0 aliphatic carbocycles. The van der Waals surface area contributed by atoms with Gasteiger partial charge in [0.1, 0.15) is 12.1 Å². The van der Waals surface area contributed by atoms with Gasteiger partial charge in [0.25, 0.3) is 0 Å². The molecule has 2 rings (SSSR count). The van der Waals surface area contributed by atoms with Crippen molar-refractivity contribution in [1.82, 2.24) is 15.5 Å². The Morgan fingerprint density at radius 3 is 2.41 bits per heavy atom. The highest BCUT2D eigenvalue weighted by molar-refractivity contribution is 5.94. The normalized spacial score (nSPS) is 17.7. The smallest absolute Gasteiger partial charge is 0.326 e. The summed E-state index contributed by atoms with van der Waals surface area (Å²) in [6.45, 7) is 0.449. The van der Waals surface area contributed by atoms with E-state index in [9.17, 15) is 29.4 Å². The number of rotatable bonds is 12. The van der Waals surface area contributed by atoms with Gasteiger partial charge in [-0.2, -0.15) is 0 Å². The number of hydrogen-bond donors (Lipinski definition) is 6. The summed E-state index contributed by atoms with van der Waals surface area (Å²) in [4.78, 5) is 52.8. The standard InChI is InChI=1S/C22H32N6O6/c23-21(27-22(24)34)25-12-4-8-15(18(29)28-13-5-9-17(28)20(32)33)26-16(19(30)31)11-10-14-6-2-1-3-7-14/h1-3,6-7,15-17,26H,4-5,8-13H2,(H,30,31)(H,32,33)(H5,23,24,25,27,34)/t15-,16-,17-/m0/s1. The molecule has 0 aromatic heterocycles. The lowest BCUT2D eigenvalue weighted by molar-refractivity contribution is -0.149. The maximum absolute atomic E-state index is 13.2. The van der Waals surface area contributed by atoms with Crippen LogP contribution in [0, 0.1) is 0 Å². The van der Waals surface area contributed by atoms with Gasteiger partial charge in [0.15, 0.2) is 5.96 Å². The fourth-order valence-corrected chi connectivity index (χ4v) is 3.90. The minimum Gasteiger partial charge on any atom is -0.480 e. The number of carboxylic acids is 2. The van der Waals surface area contributed by atoms with Gasteiger partial charge in [-0.15, -0.1) is 0 Å². The molecule has 1 aromatic rings. The van der Waals surface area contributed by atoms with Gasteiger partial charge in [-0.1, -0.05) is 30.3 Å². The average Bonchev–Trinajstić information content (AvgIpc) is 3.28. The summed E-state index contributed by atoms with van der Waals surface area (Å²) < 4.78 is 0. The van der Waals surface area contributed by atoms with Crippen molar-refractivity contribution in [2.75, 3.05) is 13.1 Å². The van der Waals surface area contributed by atoms with Crippen LogP contribution in [0.5, 0.6) is 0 Å². The number of carbonyl (C=O) groups excluding carboxylic acids is 2. The molecule has 1 aliphatic heterocycles. The quantitative estimate of drug-likeness (QED) is 0.136. The molecule has 0 bridgehead atoms. The van der Waals surface area contributed by atoms with Gasteiger partial charge in [0, 0.05) is 13.1 Å². The molecule has 12 heteroatoms. The van der Waals surface area contributed by atoms with Crippen molar-refractivity contribution in [1.29, 1.82) is 0 Å². The first-order valence-corrected chi connectivity index (χ1v) is 11.1. The second-order valence-electron chi connectivity index (χ2n) is 8.06. The van der Waals surface area contributed by atoms with E-state index in [0.717, 1.165) is 5.56 Å². The number of guanidine groups is 1. The number of primary amides is 1. The van der Waals surface area contributed by atoms with Crippen molar-refractivity contribution >= 4 is 29.8 Å². The predicted molar refractivity (Wildman–Crippen MR) is 124 cm³/mol. The van der Waals surface area contributed by atoms with E-state index >= 15 is 0 Å². The molecule has 1 fully saturated rings. The third-order valence-corrected chi connectivity index (χ3v) is 5.57. The minimum atomic E-state index is -1.10. The Morgan fingerprint density at radius 1 is 1.09 bits per heavy atom. The zero-order valence-corrected chi connectivity index (χ0v) is 18.9. The van der Waals surface area contributed by atoms with Gasteiger partial charge < -0.3 is 26.6 Å². The highest BCUT2D eigenvalue weighted by atomic mass is 16.4. The number of amides is 3. The summed E-state index contributed by atoms with van der Waals surface area (Å²) in [7, 11) is 0. The van der Waals surface area contributed by atoms with E-state index in [1.807, 2.05) is 30.3 Å². The number of hydrogen-bond acceptors (Lipinski definition) is 6. The zero-order valence-electron chi connectivity index (χ0n) is 18.9. The highest BCUT2D eigenvalue weighted by Crippen LogP contribution is 2.20. The van der Waals surface area contributed by atoms with E-state index in [1.54, 1.807) is 0 Å². The Labute approximate surface area is 197 Å². The Morgan fingerprint density at radius 2 is 1.79 bits per heavy atom. The zero-order chi connectivity index (χ0) is 25.1. The molecule has 1 heterocycles. The summed E-state index contributed by atoms with van der Waals surface area (Å²) in [5, 5.41) is 24.3. The van der Waals surface area contributed by atoms with Gasteiger partial charge in [-0.25, -0.2) is 9.59 Å². The van der Waals surface area contributed by atoms with Crippen LogP contribution in [-0.4, -0.2) is 76.2 Å². The fraction of sp³-hybridized carbons (Fsp3) is 0.500. The van der Waals surface area contributed by atoms with Crippen molar-refractivity contribution in [3.8, 4) is 0 Å². The van der Waals surface area contributed by atoms with Crippen LogP contribution in [0.3, 0.4) is 0 Å². The molecule has 0 saturated carbocycles. The number of benzene rings is 1. The van der Waals surface area contributed by atoms with Gasteiger partial charge in [0.2, 0.25) is 5.91 Å². The lowest BCUT2D eigenvalue weighted by atomic mass is 10.0. The topological polar surface area (TPSA) is 200 Å². The molecule has 3 amide bonds. The number of aryl methyl sites for hydroxylation is 1. The SMILES string of the molecule is NC(=O)NC(N)=NCCC[C@H](N[C@@H](CCc1ccccc1)C(=O)O)C(=O)N1CCC[C@H]1C(=O)O. The lowest BCUT2D eigenvalue weighted by Crippen LogP contribution is -2.54. The Bertz CT molecular complexity index is 893. The Balaban J connectivity index is 2.10. The first kappa shape index (κ1) is 26.6. The molecule has 1 saturated heterocycles. The Hall–Kier alpha value is -3.67. The van der Waals surface area contributed by atoms with Crippen LogP contribution in [0.1, 0.15) is 37.7 Å². The van der Waals surface area contributed by atoms with Crippen LogP contribution in [0.2, 0.25) is 0 Å². The number of nitrogens with one attached hydrogen (secondary N) is 2. The maximum Gasteiger partial charge on any atom is 0.326 e. The van der Waals surface area contributed by atoms with Gasteiger partial charge in [-0.05, 0) is 44.1 Å². The van der Waals surface area contributed by atoms with E-state index in [4.69, 9.17) is 11.5 Å². The van der Waals surface area contributed by atoms with Crippen molar-refractivity contribution in [3.05, 3.63) is 35.9 Å². The number of nitrogens with zero attached hydrogens (tertiary/aromatic N) is 2. The predicted octanol–water partition coefficient (Wildman–Crippen LogP) is -0.131. The number of likely N-dealkylation sites (tertiary alicyclic amines) is 1. The van der Waals surface area contributed by atoms with Gasteiger partial charge in [-0.3, -0.25) is 25.2 Å². The van der Waals surface area contributed by atoms with E-state index in [-0.39, 0.29) is 25.3 Å². The van der Waals surface area contributed by atoms with Crippen molar-refractivity contribution < 1.29 is 29.4 Å². The summed E-state index contributed by atoms with van der Waals surface area (Å²) in [6.07, 6.45) is 2.19. The van der Waals surface area contributed by atoms with Crippen LogP contribution in [0.15, 0.2) is 35.3 Å². The second-order valence-corrected chi connectivity index (χ2v) is 8.06. The van der Waals surface area contributed by atoms with Crippen LogP contribution >= 0.6 is 0 Å². The number of urea groups is 1. The van der Waals surface area contributed by atoms with Crippen LogP contribution < -0.4 is 22.1 Å². The van der Waals surface area contributed by atoms with Crippen LogP contribution in [-0.2, 0) is 20.8 Å². The molecular weight excluding hydrogens is 444 g/mol. The summed E-state index contributed by atoms with van der Waals surface area (Å²) >= 11 is 0. The number of aliphatic carboxylic acids is 2. The highest BCUT2D eigenvalue weighted by Gasteiger charge is 2.38. The van der Waals surface area contributed by atoms with Crippen molar-refractivity contribution in [2.45, 2.75) is 56.7 Å². The van der Waals surface area contributed by atoms with E-state index in [2.05, 4.69) is 15.6 Å². The third kappa shape index (κ3) is 8.35. The molecule has 186 valence electrons. The third-order valence-electron chi connectivity index (χ3n) is 5.57. The maximum atomic E-state index is 13.2. The Kier molecular flexibility index (Phi) is 10.3. The first-order chi connectivity index (χ1) is 16.2. The van der Waals surface area contributed by atoms with E-state index in [1.165, 1.54) is 4.90 Å². The van der Waals surface area contributed by atoms with Crippen molar-refractivity contribution in [2.24, 2.45) is 16.5 Å². The molecule has 34 heavy (non-hydrogen) atoms. The van der Waals surface area contributed by atoms with Crippen LogP contribution in [0.4, 0.5) is 4.79 Å². The van der Waals surface area contributed by atoms with Gasteiger partial charge >= 0.3 is 18.0 Å². The van der Waals surface area contributed by atoms with Crippen LogP contribution in [0.25, 0.3) is 0 Å². The first-order valence-electron chi connectivity index (χ1n) is 11.1. The second kappa shape index (κ2) is 13.1. The molecule has 8 N–H and O–H groups in total. The summed E-state index contributed by atoms with van der Waals surface area (Å²) in [5.41, 5.74) is 11.5. The van der Waals surface area contributed by atoms with Crippen molar-refractivity contribution in [3.63, 3.8) is 0 Å². The monoisotopic (exact) mass is 476 g/mol. The molecule has 1 aromatic carbocycles. The molecule has 3 atom stereocenters. The lowest BCUT2D eigenvalue weighted by Gasteiger charge is -2.29. The molecular formula is C22H32N6O6. The van der Waals surface area contributed by atoms with E-state index < -0.39 is 42.0 Å². The number of carboxylic acid groups (broad SMARTS) is 2. The molecule has 12 nitrogen and oxygen atoms in total. The molecule has 0 unspecified atom stereocenters.